The third-order valence-corrected chi connectivity index (χ3v) is 4.45. The van der Waals surface area contributed by atoms with Crippen molar-refractivity contribution in [3.63, 3.8) is 0 Å². The number of nitrogens with zero attached hydrogens (tertiary/aromatic N) is 1. The number of carbonyl (C=O) groups excluding carboxylic acids is 3. The average molecular weight is 326 g/mol. The van der Waals surface area contributed by atoms with E-state index in [1.807, 2.05) is 30.5 Å². The van der Waals surface area contributed by atoms with Gasteiger partial charge in [0.15, 0.2) is 0 Å². The van der Waals surface area contributed by atoms with E-state index in [1.165, 1.54) is 0 Å². The van der Waals surface area contributed by atoms with Gasteiger partial charge in [-0.1, -0.05) is 18.2 Å². The number of rotatable bonds is 5. The fourth-order valence-electron chi connectivity index (χ4n) is 3.03. The molecule has 0 bridgehead atoms. The summed E-state index contributed by atoms with van der Waals surface area (Å²) in [4.78, 5) is 40.5. The van der Waals surface area contributed by atoms with E-state index in [9.17, 15) is 14.4 Å². The summed E-state index contributed by atoms with van der Waals surface area (Å²) in [6, 6.07) is 6.88. The lowest BCUT2D eigenvalue weighted by molar-refractivity contribution is -0.132. The van der Waals surface area contributed by atoms with Crippen LogP contribution in [0.2, 0.25) is 0 Å². The second-order valence-corrected chi connectivity index (χ2v) is 6.33. The summed E-state index contributed by atoms with van der Waals surface area (Å²) in [6.45, 7) is -0.217. The van der Waals surface area contributed by atoms with Crippen LogP contribution in [-0.2, 0) is 16.0 Å². The summed E-state index contributed by atoms with van der Waals surface area (Å²) in [5.41, 5.74) is 1.96. The van der Waals surface area contributed by atoms with Gasteiger partial charge in [-0.15, -0.1) is 0 Å². The molecule has 1 aliphatic carbocycles. The fourth-order valence-corrected chi connectivity index (χ4v) is 3.03. The third-order valence-electron chi connectivity index (χ3n) is 4.45. The molecule has 2 heterocycles. The number of nitrogens with one attached hydrogen (secondary N) is 3. The van der Waals surface area contributed by atoms with Crippen molar-refractivity contribution in [1.82, 2.24) is 20.5 Å². The predicted octanol–water partition coefficient (Wildman–Crippen LogP) is 0.909. The molecular formula is C17H18N4O3. The number of para-hydroxylation sites is 1. The van der Waals surface area contributed by atoms with Crippen molar-refractivity contribution >= 4 is 28.7 Å². The largest absolute Gasteiger partial charge is 0.361 e. The zero-order chi connectivity index (χ0) is 16.7. The van der Waals surface area contributed by atoms with Crippen molar-refractivity contribution in [2.75, 3.05) is 6.54 Å². The van der Waals surface area contributed by atoms with E-state index in [-0.39, 0.29) is 24.4 Å². The highest BCUT2D eigenvalue weighted by Crippen LogP contribution is 2.21. The Bertz CT molecular complexity index is 824. The minimum atomic E-state index is -0.634. The molecule has 7 nitrogen and oxygen atoms in total. The number of benzene rings is 1. The Balaban J connectivity index is 1.45. The molecular weight excluding hydrogens is 308 g/mol. The topological polar surface area (TPSA) is 94.3 Å². The Kier molecular flexibility index (Phi) is 3.48. The Morgan fingerprint density at radius 1 is 1.25 bits per heavy atom. The SMILES string of the molecule is O=C(CN1C(=O)N[C@H](Cc2c[nH]c3ccccc23)C1=O)NC1CC1. The molecule has 24 heavy (non-hydrogen) atoms. The monoisotopic (exact) mass is 326 g/mol. The molecule has 0 radical (unpaired) electrons. The van der Waals surface area contributed by atoms with Crippen LogP contribution < -0.4 is 10.6 Å². The lowest BCUT2D eigenvalue weighted by atomic mass is 10.1. The van der Waals surface area contributed by atoms with Gasteiger partial charge in [-0.25, -0.2) is 4.79 Å². The van der Waals surface area contributed by atoms with Gasteiger partial charge in [-0.3, -0.25) is 14.5 Å². The molecule has 124 valence electrons. The number of imide groups is 1. The first-order chi connectivity index (χ1) is 11.6. The Morgan fingerprint density at radius 3 is 2.83 bits per heavy atom. The van der Waals surface area contributed by atoms with Crippen LogP contribution in [0.3, 0.4) is 0 Å². The number of H-pyrrole nitrogens is 1. The molecule has 4 amide bonds. The number of aromatic amines is 1. The van der Waals surface area contributed by atoms with E-state index in [2.05, 4.69) is 15.6 Å². The Labute approximate surface area is 138 Å². The molecule has 1 atom stereocenters. The van der Waals surface area contributed by atoms with Gasteiger partial charge < -0.3 is 15.6 Å². The van der Waals surface area contributed by atoms with Gasteiger partial charge >= 0.3 is 6.03 Å². The molecule has 1 aromatic heterocycles. The molecule has 0 spiro atoms. The number of aromatic nitrogens is 1. The average Bonchev–Trinajstić information content (AvgIpc) is 3.23. The number of urea groups is 1. The summed E-state index contributed by atoms with van der Waals surface area (Å²) < 4.78 is 0. The van der Waals surface area contributed by atoms with Gasteiger partial charge in [0, 0.05) is 29.6 Å². The van der Waals surface area contributed by atoms with Crippen molar-refractivity contribution < 1.29 is 14.4 Å². The van der Waals surface area contributed by atoms with Gasteiger partial charge in [0.1, 0.15) is 12.6 Å². The summed E-state index contributed by atoms with van der Waals surface area (Å²) in [5, 5.41) is 6.50. The van der Waals surface area contributed by atoms with Crippen molar-refractivity contribution in [2.24, 2.45) is 0 Å². The van der Waals surface area contributed by atoms with Crippen molar-refractivity contribution in [1.29, 1.82) is 0 Å². The van der Waals surface area contributed by atoms with Crippen molar-refractivity contribution in [2.45, 2.75) is 31.3 Å². The van der Waals surface area contributed by atoms with E-state index >= 15 is 0 Å². The van der Waals surface area contributed by atoms with Crippen LogP contribution in [0.5, 0.6) is 0 Å². The van der Waals surface area contributed by atoms with Gasteiger partial charge in [0.2, 0.25) is 5.91 Å². The van der Waals surface area contributed by atoms with E-state index in [1.54, 1.807) is 0 Å². The number of carbonyl (C=O) groups is 3. The van der Waals surface area contributed by atoms with Crippen LogP contribution in [0.15, 0.2) is 30.5 Å². The summed E-state index contributed by atoms with van der Waals surface area (Å²) in [7, 11) is 0. The predicted molar refractivity (Wildman–Crippen MR) is 87.2 cm³/mol. The van der Waals surface area contributed by atoms with Gasteiger partial charge in [-0.2, -0.15) is 0 Å². The van der Waals surface area contributed by atoms with Gasteiger partial charge in [0.25, 0.3) is 5.91 Å². The molecule has 1 aromatic carbocycles. The van der Waals surface area contributed by atoms with Crippen LogP contribution in [-0.4, -0.2) is 46.4 Å². The Morgan fingerprint density at radius 2 is 2.04 bits per heavy atom. The summed E-state index contributed by atoms with van der Waals surface area (Å²) in [6.07, 6.45) is 4.19. The first kappa shape index (κ1) is 14.7. The molecule has 1 saturated carbocycles. The van der Waals surface area contributed by atoms with Gasteiger partial charge in [0.05, 0.1) is 0 Å². The number of hydrogen-bond acceptors (Lipinski definition) is 3. The second-order valence-electron chi connectivity index (χ2n) is 6.33. The summed E-state index contributed by atoms with van der Waals surface area (Å²) in [5.74, 6) is -0.634. The third kappa shape index (κ3) is 2.73. The van der Waals surface area contributed by atoms with Crippen LogP contribution in [0.25, 0.3) is 10.9 Å². The minimum absolute atomic E-state index is 0.209. The Hall–Kier alpha value is -2.83. The van der Waals surface area contributed by atoms with E-state index in [0.717, 1.165) is 34.2 Å². The van der Waals surface area contributed by atoms with E-state index in [4.69, 9.17) is 0 Å². The van der Waals surface area contributed by atoms with E-state index < -0.39 is 12.1 Å². The number of fused-ring (bicyclic) bond motifs is 1. The summed E-state index contributed by atoms with van der Waals surface area (Å²) >= 11 is 0. The highest BCUT2D eigenvalue weighted by molar-refractivity contribution is 6.06. The molecule has 4 rings (SSSR count). The van der Waals surface area contributed by atoms with Crippen LogP contribution in [0, 0.1) is 0 Å². The van der Waals surface area contributed by atoms with Crippen LogP contribution >= 0.6 is 0 Å². The van der Waals surface area contributed by atoms with Crippen LogP contribution in [0.1, 0.15) is 18.4 Å². The highest BCUT2D eigenvalue weighted by atomic mass is 16.2. The molecule has 2 aliphatic rings. The van der Waals surface area contributed by atoms with Crippen LogP contribution in [0.4, 0.5) is 4.79 Å². The number of amides is 4. The highest BCUT2D eigenvalue weighted by Gasteiger charge is 2.39. The normalized spacial score (nSPS) is 20.5. The lowest BCUT2D eigenvalue weighted by Crippen LogP contribution is -2.41. The van der Waals surface area contributed by atoms with Crippen molar-refractivity contribution in [3.8, 4) is 0 Å². The second kappa shape index (κ2) is 5.67. The quantitative estimate of drug-likeness (QED) is 0.713. The van der Waals surface area contributed by atoms with Gasteiger partial charge in [-0.05, 0) is 24.5 Å². The molecule has 3 N–H and O–H groups in total. The zero-order valence-electron chi connectivity index (χ0n) is 13.0. The molecule has 0 unspecified atom stereocenters. The standard InChI is InChI=1S/C17H18N4O3/c22-15(19-11-5-6-11)9-21-16(23)14(20-17(21)24)7-10-8-18-13-4-2-1-3-12(10)13/h1-4,8,11,14,18H,5-7,9H2,(H,19,22)(H,20,24)/t14-/m1/s1. The zero-order valence-corrected chi connectivity index (χ0v) is 13.0. The lowest BCUT2D eigenvalue weighted by Gasteiger charge is -2.12. The van der Waals surface area contributed by atoms with Crippen molar-refractivity contribution in [3.05, 3.63) is 36.0 Å². The fraction of sp³-hybridized carbons (Fsp3) is 0.353. The minimum Gasteiger partial charge on any atom is -0.361 e. The maximum atomic E-state index is 12.5. The number of hydrogen-bond donors (Lipinski definition) is 3. The first-order valence-corrected chi connectivity index (χ1v) is 8.08. The molecule has 2 fully saturated rings. The maximum Gasteiger partial charge on any atom is 0.325 e. The molecule has 1 aliphatic heterocycles. The van der Waals surface area contributed by atoms with E-state index in [0.29, 0.717) is 6.42 Å². The first-order valence-electron chi connectivity index (χ1n) is 8.08. The maximum absolute atomic E-state index is 12.5. The molecule has 1 saturated heterocycles. The molecule has 7 heteroatoms. The molecule has 2 aromatic rings. The smallest absolute Gasteiger partial charge is 0.325 e.